The number of ether oxygens (including phenoxy) is 1. The van der Waals surface area contributed by atoms with Crippen molar-refractivity contribution in [2.45, 2.75) is 0 Å². The minimum Gasteiger partial charge on any atom is -0.495 e. The molecule has 3 aromatic rings. The van der Waals surface area contributed by atoms with Crippen molar-refractivity contribution >= 4 is 34.4 Å². The van der Waals surface area contributed by atoms with E-state index in [1.165, 1.54) is 6.33 Å². The number of anilines is 1. The van der Waals surface area contributed by atoms with Crippen LogP contribution in [0.4, 0.5) is 5.82 Å². The standard InChI is InChI=1S/C27H29ClN6O2/c1-32(2)11-5-6-23(35)34-13-18-17(19(18)14-34)8-10-21-24(16-7-9-20(28)22(12-16)36-4)25-26(29)30-15-31-27(25)33(21)3/h5-7,9,12,15,17-19H,11,13-14H2,1-4H3,(H2,29,30,31)/b6-5+/t17?,18-,19+. The Kier molecular flexibility index (Phi) is 6.37. The number of carbonyl (C=O) groups excluding carboxylic acids is 1. The third-order valence-corrected chi connectivity index (χ3v) is 7.34. The molecule has 1 aromatic carbocycles. The molecule has 186 valence electrons. The van der Waals surface area contributed by atoms with Crippen LogP contribution < -0.4 is 10.5 Å². The fourth-order valence-electron chi connectivity index (χ4n) is 5.06. The Hall–Kier alpha value is -3.54. The lowest BCUT2D eigenvalue weighted by atomic mass is 10.0. The van der Waals surface area contributed by atoms with Crippen LogP contribution in [-0.4, -0.2) is 71.1 Å². The lowest BCUT2D eigenvalue weighted by molar-refractivity contribution is -0.125. The monoisotopic (exact) mass is 504 g/mol. The summed E-state index contributed by atoms with van der Waals surface area (Å²) in [7, 11) is 7.48. The van der Waals surface area contributed by atoms with E-state index in [1.807, 2.05) is 53.7 Å². The van der Waals surface area contributed by atoms with Crippen LogP contribution in [0.3, 0.4) is 0 Å². The van der Waals surface area contributed by atoms with Gasteiger partial charge in [-0.05, 0) is 49.5 Å². The molecule has 2 aliphatic rings. The van der Waals surface area contributed by atoms with Crippen LogP contribution in [0.5, 0.6) is 5.75 Å². The molecule has 0 bridgehead atoms. The number of benzene rings is 1. The Morgan fingerprint density at radius 1 is 1.31 bits per heavy atom. The van der Waals surface area contributed by atoms with Gasteiger partial charge in [0.2, 0.25) is 5.91 Å². The summed E-state index contributed by atoms with van der Waals surface area (Å²) in [5.41, 5.74) is 9.57. The van der Waals surface area contributed by atoms with E-state index in [1.54, 1.807) is 19.3 Å². The highest BCUT2D eigenvalue weighted by atomic mass is 35.5. The molecule has 5 rings (SSSR count). The average molecular weight is 505 g/mol. The minimum atomic E-state index is 0.0810. The molecule has 0 spiro atoms. The van der Waals surface area contributed by atoms with E-state index in [-0.39, 0.29) is 11.8 Å². The molecule has 2 aromatic heterocycles. The number of piperidine rings is 1. The number of likely N-dealkylation sites (tertiary alicyclic amines) is 1. The molecule has 1 amide bonds. The van der Waals surface area contributed by atoms with E-state index in [0.29, 0.717) is 34.1 Å². The van der Waals surface area contributed by atoms with Gasteiger partial charge in [0.1, 0.15) is 29.2 Å². The second kappa shape index (κ2) is 9.49. The molecule has 1 unspecified atom stereocenters. The van der Waals surface area contributed by atoms with E-state index in [4.69, 9.17) is 22.1 Å². The summed E-state index contributed by atoms with van der Waals surface area (Å²) in [6.07, 6.45) is 5.05. The summed E-state index contributed by atoms with van der Waals surface area (Å²) < 4.78 is 7.40. The number of carbonyl (C=O) groups is 1. The van der Waals surface area contributed by atoms with Crippen LogP contribution in [0.15, 0.2) is 36.7 Å². The Morgan fingerprint density at radius 3 is 2.75 bits per heavy atom. The molecule has 1 aliphatic heterocycles. The van der Waals surface area contributed by atoms with Crippen molar-refractivity contribution in [1.82, 2.24) is 24.3 Å². The summed E-state index contributed by atoms with van der Waals surface area (Å²) in [6.45, 7) is 2.26. The number of nitrogens with zero attached hydrogens (tertiary/aromatic N) is 5. The van der Waals surface area contributed by atoms with Gasteiger partial charge >= 0.3 is 0 Å². The quantitative estimate of drug-likeness (QED) is 0.424. The summed E-state index contributed by atoms with van der Waals surface area (Å²) in [5, 5.41) is 1.28. The molecule has 1 saturated carbocycles. The molecule has 1 saturated heterocycles. The second-order valence-corrected chi connectivity index (χ2v) is 10.0. The highest BCUT2D eigenvalue weighted by Gasteiger charge is 2.55. The summed E-state index contributed by atoms with van der Waals surface area (Å²) in [4.78, 5) is 25.1. The molecule has 3 heterocycles. The minimum absolute atomic E-state index is 0.0810. The van der Waals surface area contributed by atoms with Gasteiger partial charge in [0, 0.05) is 44.2 Å². The Morgan fingerprint density at radius 2 is 2.06 bits per heavy atom. The van der Waals surface area contributed by atoms with Crippen molar-refractivity contribution in [3.8, 4) is 28.7 Å². The molecule has 2 fully saturated rings. The van der Waals surface area contributed by atoms with Gasteiger partial charge in [-0.3, -0.25) is 4.79 Å². The molecule has 0 radical (unpaired) electrons. The highest BCUT2D eigenvalue weighted by Crippen LogP contribution is 2.51. The molecular formula is C27H29ClN6O2. The number of methoxy groups -OCH3 is 1. The number of likely N-dealkylation sites (N-methyl/N-ethyl adjacent to an activating group) is 1. The van der Waals surface area contributed by atoms with Gasteiger partial charge in [-0.15, -0.1) is 0 Å². The molecule has 1 aliphatic carbocycles. The number of nitrogens with two attached hydrogens (primary N) is 1. The van der Waals surface area contributed by atoms with Gasteiger partial charge < -0.3 is 24.8 Å². The van der Waals surface area contributed by atoms with Gasteiger partial charge in [-0.1, -0.05) is 29.7 Å². The average Bonchev–Trinajstić information content (AvgIpc) is 3.17. The first-order valence-corrected chi connectivity index (χ1v) is 12.2. The van der Waals surface area contributed by atoms with Crippen molar-refractivity contribution in [3.05, 3.63) is 47.4 Å². The number of halogens is 1. The van der Waals surface area contributed by atoms with Crippen molar-refractivity contribution < 1.29 is 9.53 Å². The largest absolute Gasteiger partial charge is 0.495 e. The van der Waals surface area contributed by atoms with E-state index in [0.717, 1.165) is 41.8 Å². The number of aryl methyl sites for hydroxylation is 1. The van der Waals surface area contributed by atoms with E-state index in [2.05, 4.69) is 21.8 Å². The van der Waals surface area contributed by atoms with Gasteiger partial charge in [0.05, 0.1) is 17.5 Å². The van der Waals surface area contributed by atoms with Crippen molar-refractivity contribution in [3.63, 3.8) is 0 Å². The maximum atomic E-state index is 12.5. The van der Waals surface area contributed by atoms with Crippen LogP contribution in [-0.2, 0) is 11.8 Å². The first-order chi connectivity index (χ1) is 17.3. The molecule has 2 N–H and O–H groups in total. The number of nitrogen functional groups attached to an aromatic ring is 1. The zero-order chi connectivity index (χ0) is 25.6. The van der Waals surface area contributed by atoms with Crippen LogP contribution in [0.1, 0.15) is 5.69 Å². The van der Waals surface area contributed by atoms with Crippen molar-refractivity contribution in [2.75, 3.05) is 46.6 Å². The zero-order valence-electron chi connectivity index (χ0n) is 20.8. The van der Waals surface area contributed by atoms with Crippen LogP contribution in [0.25, 0.3) is 22.2 Å². The van der Waals surface area contributed by atoms with Crippen molar-refractivity contribution in [2.24, 2.45) is 24.8 Å². The van der Waals surface area contributed by atoms with Gasteiger partial charge in [0.15, 0.2) is 0 Å². The Labute approximate surface area is 215 Å². The predicted molar refractivity (Wildman–Crippen MR) is 142 cm³/mol. The third-order valence-electron chi connectivity index (χ3n) is 7.03. The lowest BCUT2D eigenvalue weighted by Crippen LogP contribution is -2.30. The summed E-state index contributed by atoms with van der Waals surface area (Å²) in [5.74, 6) is 9.06. The SMILES string of the molecule is COc1cc(-c2c(C#CC3[C@H]4CN(C(=O)/C=C/CN(C)C)C[C@@H]34)n(C)c3ncnc(N)c23)ccc1Cl. The summed E-state index contributed by atoms with van der Waals surface area (Å²) in [6, 6.07) is 5.61. The Bertz CT molecular complexity index is 1420. The van der Waals surface area contributed by atoms with Gasteiger partial charge in [-0.25, -0.2) is 9.97 Å². The van der Waals surface area contributed by atoms with Crippen molar-refractivity contribution in [1.29, 1.82) is 0 Å². The van der Waals surface area contributed by atoms with E-state index >= 15 is 0 Å². The number of amides is 1. The molecule has 9 heteroatoms. The third kappa shape index (κ3) is 4.29. The number of hydrogen-bond donors (Lipinski definition) is 1. The van der Waals surface area contributed by atoms with Gasteiger partial charge in [0.25, 0.3) is 0 Å². The van der Waals surface area contributed by atoms with Crippen LogP contribution in [0, 0.1) is 29.6 Å². The lowest BCUT2D eigenvalue weighted by Gasteiger charge is -2.16. The number of hydrogen-bond acceptors (Lipinski definition) is 6. The molecule has 3 atom stereocenters. The van der Waals surface area contributed by atoms with E-state index < -0.39 is 0 Å². The topological polar surface area (TPSA) is 89.5 Å². The second-order valence-electron chi connectivity index (χ2n) is 9.62. The fraction of sp³-hybridized carbons (Fsp3) is 0.370. The molecule has 36 heavy (non-hydrogen) atoms. The van der Waals surface area contributed by atoms with Crippen LogP contribution in [0.2, 0.25) is 5.02 Å². The first-order valence-electron chi connectivity index (χ1n) is 11.8. The van der Waals surface area contributed by atoms with E-state index in [9.17, 15) is 4.79 Å². The normalized spacial score (nSPS) is 20.6. The fourth-order valence-corrected chi connectivity index (χ4v) is 5.25. The smallest absolute Gasteiger partial charge is 0.246 e. The maximum absolute atomic E-state index is 12.5. The summed E-state index contributed by atoms with van der Waals surface area (Å²) >= 11 is 6.28. The van der Waals surface area contributed by atoms with Crippen LogP contribution >= 0.6 is 11.6 Å². The van der Waals surface area contributed by atoms with Gasteiger partial charge in [-0.2, -0.15) is 0 Å². The number of aromatic nitrogens is 3. The molecular weight excluding hydrogens is 476 g/mol. The number of fused-ring (bicyclic) bond motifs is 2. The zero-order valence-corrected chi connectivity index (χ0v) is 21.6. The predicted octanol–water partition coefficient (Wildman–Crippen LogP) is 3.05. The first kappa shape index (κ1) is 24.2. The Balaban J connectivity index is 1.43. The number of rotatable bonds is 5. The maximum Gasteiger partial charge on any atom is 0.246 e. The highest BCUT2D eigenvalue weighted by molar-refractivity contribution is 6.32. The molecule has 8 nitrogen and oxygen atoms in total.